The molecule has 4 heteroatoms. The van der Waals surface area contributed by atoms with Crippen LogP contribution in [-0.4, -0.2) is 10.2 Å². The normalized spacial score (nSPS) is 11.2. The lowest BCUT2D eigenvalue weighted by atomic mass is 10.0. The number of rotatable bonds is 3. The van der Waals surface area contributed by atoms with E-state index in [1.165, 1.54) is 4.88 Å². The van der Waals surface area contributed by atoms with Crippen LogP contribution in [0, 0.1) is 0 Å². The zero-order chi connectivity index (χ0) is 10.8. The van der Waals surface area contributed by atoms with Crippen LogP contribution in [0.1, 0.15) is 31.0 Å². The zero-order valence-electron chi connectivity index (χ0n) is 8.75. The predicted molar refractivity (Wildman–Crippen MR) is 65.5 cm³/mol. The van der Waals surface area contributed by atoms with Crippen molar-refractivity contribution in [2.75, 3.05) is 0 Å². The molecule has 0 amide bonds. The fraction of sp³-hybridized carbons (Fsp3) is 0.364. The molecule has 0 aromatic carbocycles. The van der Waals surface area contributed by atoms with Crippen molar-refractivity contribution in [2.45, 2.75) is 25.6 Å². The summed E-state index contributed by atoms with van der Waals surface area (Å²) >= 11 is 7.67. The fourth-order valence-corrected chi connectivity index (χ4v) is 2.62. The van der Waals surface area contributed by atoms with Gasteiger partial charge in [0.1, 0.15) is 5.69 Å². The van der Waals surface area contributed by atoms with Crippen molar-refractivity contribution < 1.29 is 0 Å². The Labute approximate surface area is 98.3 Å². The van der Waals surface area contributed by atoms with Gasteiger partial charge in [-0.05, 0) is 17.4 Å². The number of hydrogen-bond acceptors (Lipinski definition) is 2. The Kier molecular flexibility index (Phi) is 3.12. The number of alkyl halides is 1. The van der Waals surface area contributed by atoms with Crippen molar-refractivity contribution >= 4 is 22.9 Å². The predicted octanol–water partition coefficient (Wildman–Crippen LogP) is 4.00. The van der Waals surface area contributed by atoms with Crippen molar-refractivity contribution in [3.8, 4) is 10.6 Å². The Balaban J connectivity index is 2.49. The molecule has 0 aliphatic heterocycles. The van der Waals surface area contributed by atoms with E-state index in [9.17, 15) is 0 Å². The third-order valence-electron chi connectivity index (χ3n) is 2.36. The molecule has 2 nitrogen and oxygen atoms in total. The quantitative estimate of drug-likeness (QED) is 0.808. The second-order valence-corrected chi connectivity index (χ2v) is 4.95. The van der Waals surface area contributed by atoms with E-state index < -0.39 is 0 Å². The van der Waals surface area contributed by atoms with E-state index in [2.05, 4.69) is 35.5 Å². The number of nitrogens with one attached hydrogen (secondary N) is 1. The van der Waals surface area contributed by atoms with E-state index in [1.807, 2.05) is 6.07 Å². The molecule has 2 aromatic rings. The Morgan fingerprint density at radius 1 is 1.53 bits per heavy atom. The van der Waals surface area contributed by atoms with Gasteiger partial charge in [0.2, 0.25) is 0 Å². The summed E-state index contributed by atoms with van der Waals surface area (Å²) in [6.45, 7) is 4.28. The van der Waals surface area contributed by atoms with Gasteiger partial charge in [0, 0.05) is 11.3 Å². The maximum atomic E-state index is 5.98. The number of aromatic nitrogens is 2. The molecule has 2 heterocycles. The summed E-state index contributed by atoms with van der Waals surface area (Å²) in [6, 6.07) is 4.10. The summed E-state index contributed by atoms with van der Waals surface area (Å²) in [4.78, 5) is 1.17. The van der Waals surface area contributed by atoms with Gasteiger partial charge in [-0.3, -0.25) is 5.10 Å². The minimum Gasteiger partial charge on any atom is -0.281 e. The highest BCUT2D eigenvalue weighted by atomic mass is 35.5. The molecule has 1 N–H and O–H groups in total. The number of H-pyrrole nitrogens is 1. The van der Waals surface area contributed by atoms with Crippen LogP contribution in [0.2, 0.25) is 0 Å². The van der Waals surface area contributed by atoms with Gasteiger partial charge in [0.05, 0.1) is 10.8 Å². The maximum absolute atomic E-state index is 5.98. The molecule has 0 bridgehead atoms. The molecular weight excluding hydrogens is 228 g/mol. The van der Waals surface area contributed by atoms with Crippen LogP contribution < -0.4 is 0 Å². The van der Waals surface area contributed by atoms with Gasteiger partial charge < -0.3 is 0 Å². The van der Waals surface area contributed by atoms with E-state index in [-0.39, 0.29) is 0 Å². The number of hydrogen-bond donors (Lipinski definition) is 1. The first-order chi connectivity index (χ1) is 7.24. The average Bonchev–Trinajstić information content (AvgIpc) is 2.85. The van der Waals surface area contributed by atoms with Crippen molar-refractivity contribution in [1.82, 2.24) is 10.2 Å². The Morgan fingerprint density at radius 2 is 2.33 bits per heavy atom. The van der Waals surface area contributed by atoms with Gasteiger partial charge in [-0.15, -0.1) is 22.9 Å². The molecule has 0 saturated heterocycles. The smallest absolute Gasteiger partial charge is 0.107 e. The van der Waals surface area contributed by atoms with E-state index in [0.29, 0.717) is 11.8 Å². The summed E-state index contributed by atoms with van der Waals surface area (Å²) in [5.41, 5.74) is 3.28. The number of nitrogens with zero attached hydrogens (tertiary/aromatic N) is 1. The molecule has 80 valence electrons. The molecule has 2 rings (SSSR count). The summed E-state index contributed by atoms with van der Waals surface area (Å²) in [6.07, 6.45) is 0. The molecule has 0 radical (unpaired) electrons. The van der Waals surface area contributed by atoms with Crippen molar-refractivity contribution in [3.63, 3.8) is 0 Å². The van der Waals surface area contributed by atoms with Gasteiger partial charge in [0.25, 0.3) is 0 Å². The van der Waals surface area contributed by atoms with Crippen molar-refractivity contribution in [2.24, 2.45) is 0 Å². The fourth-order valence-electron chi connectivity index (χ4n) is 1.61. The second kappa shape index (κ2) is 4.37. The van der Waals surface area contributed by atoms with Gasteiger partial charge in [-0.2, -0.15) is 5.10 Å². The highest BCUT2D eigenvalue weighted by Gasteiger charge is 2.16. The first-order valence-corrected chi connectivity index (χ1v) is 6.32. The largest absolute Gasteiger partial charge is 0.281 e. The lowest BCUT2D eigenvalue weighted by molar-refractivity contribution is 0.803. The molecule has 0 fully saturated rings. The van der Waals surface area contributed by atoms with Gasteiger partial charge in [0.15, 0.2) is 0 Å². The molecule has 0 spiro atoms. The van der Waals surface area contributed by atoms with Crippen LogP contribution in [0.15, 0.2) is 17.5 Å². The standard InChI is InChI=1S/C11H13ClN2S/c1-7(2)10-8(6-12)11(14-13-10)9-4-3-5-15-9/h3-5,7H,6H2,1-2H3,(H,13,14). The molecule has 0 aliphatic rings. The van der Waals surface area contributed by atoms with E-state index in [4.69, 9.17) is 11.6 Å². The Morgan fingerprint density at radius 3 is 2.87 bits per heavy atom. The second-order valence-electron chi connectivity index (χ2n) is 3.73. The van der Waals surface area contributed by atoms with Crippen LogP contribution in [0.5, 0.6) is 0 Å². The molecular formula is C11H13ClN2S. The van der Waals surface area contributed by atoms with E-state index in [1.54, 1.807) is 11.3 Å². The van der Waals surface area contributed by atoms with Gasteiger partial charge in [-0.25, -0.2) is 0 Å². The van der Waals surface area contributed by atoms with Crippen LogP contribution in [0.3, 0.4) is 0 Å². The molecule has 0 unspecified atom stereocenters. The summed E-state index contributed by atoms with van der Waals surface area (Å²) < 4.78 is 0. The third kappa shape index (κ3) is 1.94. The van der Waals surface area contributed by atoms with Crippen LogP contribution in [0.4, 0.5) is 0 Å². The summed E-state index contributed by atoms with van der Waals surface area (Å²) in [5, 5.41) is 9.49. The Hall–Kier alpha value is -0.800. The monoisotopic (exact) mass is 240 g/mol. The molecule has 0 atom stereocenters. The topological polar surface area (TPSA) is 28.7 Å². The first-order valence-electron chi connectivity index (χ1n) is 4.91. The van der Waals surface area contributed by atoms with Gasteiger partial charge in [-0.1, -0.05) is 19.9 Å². The molecule has 15 heavy (non-hydrogen) atoms. The van der Waals surface area contributed by atoms with Crippen LogP contribution >= 0.6 is 22.9 Å². The number of halogens is 1. The van der Waals surface area contributed by atoms with Crippen molar-refractivity contribution in [1.29, 1.82) is 0 Å². The highest BCUT2D eigenvalue weighted by Crippen LogP contribution is 2.31. The highest BCUT2D eigenvalue weighted by molar-refractivity contribution is 7.13. The minimum atomic E-state index is 0.431. The number of thiophene rings is 1. The summed E-state index contributed by atoms with van der Waals surface area (Å²) in [5.74, 6) is 0.942. The van der Waals surface area contributed by atoms with Crippen LogP contribution in [0.25, 0.3) is 10.6 Å². The molecule has 2 aromatic heterocycles. The van der Waals surface area contributed by atoms with Crippen LogP contribution in [-0.2, 0) is 5.88 Å². The van der Waals surface area contributed by atoms with E-state index in [0.717, 1.165) is 17.0 Å². The lowest BCUT2D eigenvalue weighted by Crippen LogP contribution is -1.92. The summed E-state index contributed by atoms with van der Waals surface area (Å²) in [7, 11) is 0. The minimum absolute atomic E-state index is 0.431. The maximum Gasteiger partial charge on any atom is 0.107 e. The average molecular weight is 241 g/mol. The third-order valence-corrected chi connectivity index (χ3v) is 3.51. The molecule has 0 aliphatic carbocycles. The first kappa shape index (κ1) is 10.7. The lowest BCUT2D eigenvalue weighted by Gasteiger charge is -2.03. The number of aromatic amines is 1. The SMILES string of the molecule is CC(C)c1[nH]nc(-c2cccs2)c1CCl. The van der Waals surface area contributed by atoms with Gasteiger partial charge >= 0.3 is 0 Å². The zero-order valence-corrected chi connectivity index (χ0v) is 10.3. The van der Waals surface area contributed by atoms with Crippen molar-refractivity contribution in [3.05, 3.63) is 28.8 Å². The van der Waals surface area contributed by atoms with E-state index >= 15 is 0 Å². The molecule has 0 saturated carbocycles. The Bertz CT molecular complexity index is 431.